The van der Waals surface area contributed by atoms with Gasteiger partial charge in [0.25, 0.3) is 0 Å². The Bertz CT molecular complexity index is 495. The fraction of sp³-hybridized carbons (Fsp3) is 0.375. The van der Waals surface area contributed by atoms with Crippen molar-refractivity contribution in [2.75, 3.05) is 0 Å². The van der Waals surface area contributed by atoms with Crippen molar-refractivity contribution in [2.45, 2.75) is 18.7 Å². The van der Waals surface area contributed by atoms with Gasteiger partial charge in [-0.05, 0) is 11.6 Å². The number of aliphatic hydroxyl groups excluding tert-OH is 1. The topological polar surface area (TPSA) is 74.7 Å². The summed E-state index contributed by atoms with van der Waals surface area (Å²) in [5, 5.41) is 18.5. The molecule has 0 fully saturated rings. The molecule has 2 N–H and O–H groups in total. The molecular formula is C8H7F3N4O. The summed E-state index contributed by atoms with van der Waals surface area (Å²) < 4.78 is 36.3. The number of hydrogen-bond acceptors (Lipinski definition) is 4. The van der Waals surface area contributed by atoms with Gasteiger partial charge in [0, 0.05) is 12.6 Å². The monoisotopic (exact) mass is 232 g/mol. The van der Waals surface area contributed by atoms with Crippen molar-refractivity contribution in [2.24, 2.45) is 0 Å². The van der Waals surface area contributed by atoms with Crippen LogP contribution in [0.2, 0.25) is 0 Å². The zero-order valence-corrected chi connectivity index (χ0v) is 7.86. The van der Waals surface area contributed by atoms with Crippen molar-refractivity contribution < 1.29 is 18.3 Å². The first-order valence-electron chi connectivity index (χ1n) is 4.37. The predicted octanol–water partition coefficient (Wildman–Crippen LogP) is 0.819. The average Bonchev–Trinajstić information content (AvgIpc) is 2.63. The molecule has 1 atom stereocenters. The number of halogens is 3. The maximum atomic E-state index is 12.1. The zero-order valence-electron chi connectivity index (χ0n) is 7.86. The van der Waals surface area contributed by atoms with E-state index < -0.39 is 18.7 Å². The number of pyridine rings is 1. The van der Waals surface area contributed by atoms with Crippen LogP contribution in [0.5, 0.6) is 0 Å². The van der Waals surface area contributed by atoms with E-state index in [4.69, 9.17) is 5.11 Å². The van der Waals surface area contributed by atoms with Crippen LogP contribution in [0, 0.1) is 0 Å². The molecule has 2 rings (SSSR count). The minimum atomic E-state index is -4.63. The second-order valence-electron chi connectivity index (χ2n) is 3.27. The van der Waals surface area contributed by atoms with E-state index in [1.165, 1.54) is 12.3 Å². The SMILES string of the molecule is OC(Cc1cnc2n[nH]nc2c1)C(F)(F)F. The largest absolute Gasteiger partial charge is 0.414 e. The van der Waals surface area contributed by atoms with Crippen molar-refractivity contribution >= 4 is 11.2 Å². The van der Waals surface area contributed by atoms with Crippen molar-refractivity contribution in [3.8, 4) is 0 Å². The molecule has 0 bridgehead atoms. The highest BCUT2D eigenvalue weighted by atomic mass is 19.4. The molecule has 8 heteroatoms. The van der Waals surface area contributed by atoms with E-state index in [1.54, 1.807) is 0 Å². The van der Waals surface area contributed by atoms with Gasteiger partial charge in [0.1, 0.15) is 5.52 Å². The molecule has 2 heterocycles. The van der Waals surface area contributed by atoms with E-state index in [1.807, 2.05) is 0 Å². The van der Waals surface area contributed by atoms with E-state index in [0.29, 0.717) is 11.2 Å². The van der Waals surface area contributed by atoms with Crippen molar-refractivity contribution in [3.05, 3.63) is 17.8 Å². The first-order chi connectivity index (χ1) is 7.47. The molecule has 86 valence electrons. The molecule has 0 amide bonds. The molecular weight excluding hydrogens is 225 g/mol. The number of hydrogen-bond donors (Lipinski definition) is 2. The Morgan fingerprint density at radius 3 is 2.81 bits per heavy atom. The fourth-order valence-corrected chi connectivity index (χ4v) is 1.23. The number of aromatic amines is 1. The standard InChI is InChI=1S/C8H7F3N4O/c9-8(10,11)6(16)2-4-1-5-7(12-3-4)14-15-13-5/h1,3,6,16H,2H2,(H,12,13,14,15). The van der Waals surface area contributed by atoms with Crippen LogP contribution in [0.1, 0.15) is 5.56 Å². The second-order valence-corrected chi connectivity index (χ2v) is 3.27. The number of nitrogens with one attached hydrogen (secondary N) is 1. The molecule has 0 spiro atoms. The Labute approximate surface area is 87.3 Å². The third kappa shape index (κ3) is 2.11. The van der Waals surface area contributed by atoms with Gasteiger partial charge in [-0.25, -0.2) is 4.98 Å². The third-order valence-corrected chi connectivity index (χ3v) is 2.04. The lowest BCUT2D eigenvalue weighted by atomic mass is 10.1. The molecule has 5 nitrogen and oxygen atoms in total. The highest BCUT2D eigenvalue weighted by molar-refractivity contribution is 5.68. The molecule has 0 aliphatic heterocycles. The van der Waals surface area contributed by atoms with Crippen LogP contribution < -0.4 is 0 Å². The molecule has 1 unspecified atom stereocenters. The minimum absolute atomic E-state index is 0.256. The molecule has 0 saturated heterocycles. The average molecular weight is 232 g/mol. The molecule has 0 aliphatic rings. The van der Waals surface area contributed by atoms with Crippen molar-refractivity contribution in [1.29, 1.82) is 0 Å². The maximum absolute atomic E-state index is 12.1. The summed E-state index contributed by atoms with van der Waals surface area (Å²) in [6.45, 7) is 0. The zero-order chi connectivity index (χ0) is 11.8. The lowest BCUT2D eigenvalue weighted by molar-refractivity contribution is -0.203. The number of rotatable bonds is 2. The molecule has 2 aromatic heterocycles. The second kappa shape index (κ2) is 3.71. The van der Waals surface area contributed by atoms with Crippen LogP contribution in [0.3, 0.4) is 0 Å². The van der Waals surface area contributed by atoms with Gasteiger partial charge in [0.15, 0.2) is 6.10 Å². The van der Waals surface area contributed by atoms with Gasteiger partial charge in [-0.15, -0.1) is 5.10 Å². The van der Waals surface area contributed by atoms with Gasteiger partial charge < -0.3 is 5.11 Å². The number of alkyl halides is 3. The fourth-order valence-electron chi connectivity index (χ4n) is 1.23. The highest BCUT2D eigenvalue weighted by Crippen LogP contribution is 2.23. The summed E-state index contributed by atoms with van der Waals surface area (Å²) in [5.74, 6) is 0. The Hall–Kier alpha value is -1.70. The first kappa shape index (κ1) is 10.8. The molecule has 0 radical (unpaired) electrons. The highest BCUT2D eigenvalue weighted by Gasteiger charge is 2.38. The molecule has 16 heavy (non-hydrogen) atoms. The number of H-pyrrole nitrogens is 1. The Balaban J connectivity index is 2.21. The first-order valence-corrected chi connectivity index (χ1v) is 4.37. The smallest absolute Gasteiger partial charge is 0.383 e. The van der Waals surface area contributed by atoms with Crippen LogP contribution in [0.4, 0.5) is 13.2 Å². The van der Waals surface area contributed by atoms with Gasteiger partial charge in [-0.3, -0.25) is 0 Å². The van der Waals surface area contributed by atoms with E-state index in [0.717, 1.165) is 0 Å². The number of fused-ring (bicyclic) bond motifs is 1. The number of nitrogens with zero attached hydrogens (tertiary/aromatic N) is 3. The van der Waals surface area contributed by atoms with E-state index in [2.05, 4.69) is 20.4 Å². The van der Waals surface area contributed by atoms with Crippen molar-refractivity contribution in [1.82, 2.24) is 20.4 Å². The molecule has 0 aliphatic carbocycles. The van der Waals surface area contributed by atoms with Crippen molar-refractivity contribution in [3.63, 3.8) is 0 Å². The number of aromatic nitrogens is 4. The summed E-state index contributed by atoms with van der Waals surface area (Å²) >= 11 is 0. The summed E-state index contributed by atoms with van der Waals surface area (Å²) in [4.78, 5) is 3.79. The number of aliphatic hydroxyl groups is 1. The van der Waals surface area contributed by atoms with Gasteiger partial charge >= 0.3 is 6.18 Å². The molecule has 2 aromatic rings. The van der Waals surface area contributed by atoms with Gasteiger partial charge in [-0.2, -0.15) is 23.5 Å². The van der Waals surface area contributed by atoms with Crippen LogP contribution in [0.15, 0.2) is 12.3 Å². The van der Waals surface area contributed by atoms with Crippen LogP contribution >= 0.6 is 0 Å². The quantitative estimate of drug-likeness (QED) is 0.803. The van der Waals surface area contributed by atoms with E-state index in [-0.39, 0.29) is 5.56 Å². The lowest BCUT2D eigenvalue weighted by Gasteiger charge is -2.13. The summed E-state index contributed by atoms with van der Waals surface area (Å²) in [6.07, 6.45) is -6.32. The third-order valence-electron chi connectivity index (χ3n) is 2.04. The van der Waals surface area contributed by atoms with Crippen LogP contribution in [0.25, 0.3) is 11.2 Å². The summed E-state index contributed by atoms with van der Waals surface area (Å²) in [5.41, 5.74) is 0.948. The predicted molar refractivity (Wildman–Crippen MR) is 47.4 cm³/mol. The Morgan fingerprint density at radius 1 is 1.38 bits per heavy atom. The molecule has 0 aromatic carbocycles. The Morgan fingerprint density at radius 2 is 2.12 bits per heavy atom. The van der Waals surface area contributed by atoms with Crippen LogP contribution in [-0.2, 0) is 6.42 Å². The minimum Gasteiger partial charge on any atom is -0.383 e. The van der Waals surface area contributed by atoms with E-state index in [9.17, 15) is 13.2 Å². The van der Waals surface area contributed by atoms with E-state index >= 15 is 0 Å². The summed E-state index contributed by atoms with van der Waals surface area (Å²) in [7, 11) is 0. The van der Waals surface area contributed by atoms with Gasteiger partial charge in [0.2, 0.25) is 5.65 Å². The van der Waals surface area contributed by atoms with Crippen LogP contribution in [-0.4, -0.2) is 37.8 Å². The lowest BCUT2D eigenvalue weighted by Crippen LogP contribution is -2.30. The maximum Gasteiger partial charge on any atom is 0.414 e. The van der Waals surface area contributed by atoms with Gasteiger partial charge in [-0.1, -0.05) is 0 Å². The Kier molecular flexibility index (Phi) is 2.50. The summed E-state index contributed by atoms with van der Waals surface area (Å²) in [6, 6.07) is 1.40. The molecule has 0 saturated carbocycles. The normalized spacial score (nSPS) is 14.2. The van der Waals surface area contributed by atoms with Gasteiger partial charge in [0.05, 0.1) is 0 Å².